The van der Waals surface area contributed by atoms with Crippen LogP contribution >= 0.6 is 0 Å². The summed E-state index contributed by atoms with van der Waals surface area (Å²) in [6.07, 6.45) is 5.18. The summed E-state index contributed by atoms with van der Waals surface area (Å²) in [5.41, 5.74) is 0. The van der Waals surface area contributed by atoms with Gasteiger partial charge in [0.2, 0.25) is 0 Å². The van der Waals surface area contributed by atoms with Crippen LogP contribution in [-0.4, -0.2) is 37.7 Å². The van der Waals surface area contributed by atoms with Crippen LogP contribution in [0.1, 0.15) is 0 Å². The SMILES string of the molecule is C#C[C@H]1CN(C)CCO1. The Kier molecular flexibility index (Phi) is 2.10. The minimum absolute atomic E-state index is 0.0174. The second-order valence-corrected chi connectivity index (χ2v) is 2.29. The minimum atomic E-state index is 0.0174. The Morgan fingerprint density at radius 3 is 3.00 bits per heavy atom. The van der Waals surface area contributed by atoms with E-state index in [4.69, 9.17) is 11.2 Å². The molecular weight excluding hydrogens is 114 g/mol. The number of ether oxygens (including phenoxy) is 1. The van der Waals surface area contributed by atoms with Crippen molar-refractivity contribution in [2.75, 3.05) is 26.7 Å². The van der Waals surface area contributed by atoms with Crippen LogP contribution in [0.2, 0.25) is 0 Å². The third-order valence-corrected chi connectivity index (χ3v) is 1.46. The highest BCUT2D eigenvalue weighted by molar-refractivity contribution is 4.97. The molecule has 0 unspecified atom stereocenters. The van der Waals surface area contributed by atoms with Gasteiger partial charge in [-0.3, -0.25) is 0 Å². The molecule has 1 rings (SSSR count). The van der Waals surface area contributed by atoms with E-state index >= 15 is 0 Å². The molecule has 0 aliphatic carbocycles. The molecule has 0 N–H and O–H groups in total. The van der Waals surface area contributed by atoms with Crippen molar-refractivity contribution >= 4 is 0 Å². The van der Waals surface area contributed by atoms with Gasteiger partial charge in [-0.1, -0.05) is 5.92 Å². The van der Waals surface area contributed by atoms with Crippen LogP contribution in [0.15, 0.2) is 0 Å². The monoisotopic (exact) mass is 125 g/mol. The highest BCUT2D eigenvalue weighted by Crippen LogP contribution is 1.99. The second kappa shape index (κ2) is 2.86. The number of nitrogens with zero attached hydrogens (tertiary/aromatic N) is 1. The van der Waals surface area contributed by atoms with Crippen LogP contribution in [0.4, 0.5) is 0 Å². The standard InChI is InChI=1S/C7H11NO/c1-3-7-6-8(2)4-5-9-7/h1,7H,4-6H2,2H3/t7-/m0/s1. The fourth-order valence-electron chi connectivity index (χ4n) is 0.879. The number of terminal acetylenes is 1. The van der Waals surface area contributed by atoms with E-state index in [2.05, 4.69) is 10.8 Å². The van der Waals surface area contributed by atoms with Crippen LogP contribution in [0.5, 0.6) is 0 Å². The molecule has 0 spiro atoms. The molecule has 0 aromatic heterocycles. The van der Waals surface area contributed by atoms with Crippen molar-refractivity contribution in [3.05, 3.63) is 0 Å². The zero-order valence-electron chi connectivity index (χ0n) is 5.63. The van der Waals surface area contributed by atoms with Gasteiger partial charge in [-0.2, -0.15) is 0 Å². The summed E-state index contributed by atoms with van der Waals surface area (Å²) in [6.45, 7) is 2.64. The Balaban J connectivity index is 2.34. The van der Waals surface area contributed by atoms with Crippen molar-refractivity contribution < 1.29 is 4.74 Å². The largest absolute Gasteiger partial charge is 0.363 e. The first-order valence-corrected chi connectivity index (χ1v) is 3.09. The lowest BCUT2D eigenvalue weighted by molar-refractivity contribution is 0.0122. The third-order valence-electron chi connectivity index (χ3n) is 1.46. The van der Waals surface area contributed by atoms with E-state index in [0.29, 0.717) is 0 Å². The number of hydrogen-bond acceptors (Lipinski definition) is 2. The Morgan fingerprint density at radius 1 is 1.78 bits per heavy atom. The van der Waals surface area contributed by atoms with Gasteiger partial charge in [0.05, 0.1) is 6.61 Å². The zero-order valence-corrected chi connectivity index (χ0v) is 5.63. The first kappa shape index (κ1) is 6.60. The van der Waals surface area contributed by atoms with E-state index in [0.717, 1.165) is 19.7 Å². The molecule has 1 fully saturated rings. The van der Waals surface area contributed by atoms with E-state index < -0.39 is 0 Å². The van der Waals surface area contributed by atoms with Crippen LogP contribution in [-0.2, 0) is 4.74 Å². The van der Waals surface area contributed by atoms with Crippen molar-refractivity contribution in [2.45, 2.75) is 6.10 Å². The molecule has 9 heavy (non-hydrogen) atoms. The van der Waals surface area contributed by atoms with Crippen molar-refractivity contribution in [3.63, 3.8) is 0 Å². The van der Waals surface area contributed by atoms with Gasteiger partial charge in [-0.05, 0) is 7.05 Å². The smallest absolute Gasteiger partial charge is 0.130 e. The molecule has 1 heterocycles. The lowest BCUT2D eigenvalue weighted by Gasteiger charge is -2.26. The Hall–Kier alpha value is -0.520. The molecule has 1 saturated heterocycles. The van der Waals surface area contributed by atoms with Gasteiger partial charge in [0.1, 0.15) is 6.10 Å². The predicted molar refractivity (Wildman–Crippen MR) is 36.1 cm³/mol. The highest BCUT2D eigenvalue weighted by Gasteiger charge is 2.13. The van der Waals surface area contributed by atoms with Crippen LogP contribution in [0, 0.1) is 12.3 Å². The van der Waals surface area contributed by atoms with Gasteiger partial charge in [-0.25, -0.2) is 0 Å². The summed E-state index contributed by atoms with van der Waals surface area (Å²) >= 11 is 0. The van der Waals surface area contributed by atoms with E-state index in [-0.39, 0.29) is 6.10 Å². The van der Waals surface area contributed by atoms with Crippen LogP contribution in [0.3, 0.4) is 0 Å². The minimum Gasteiger partial charge on any atom is -0.363 e. The molecule has 1 atom stereocenters. The maximum atomic E-state index is 5.22. The van der Waals surface area contributed by atoms with E-state index in [1.807, 2.05) is 7.05 Å². The Morgan fingerprint density at radius 2 is 2.56 bits per heavy atom. The summed E-state index contributed by atoms with van der Waals surface area (Å²) in [4.78, 5) is 2.17. The van der Waals surface area contributed by atoms with Gasteiger partial charge in [0, 0.05) is 13.1 Å². The first-order valence-electron chi connectivity index (χ1n) is 3.09. The fourth-order valence-corrected chi connectivity index (χ4v) is 0.879. The van der Waals surface area contributed by atoms with Gasteiger partial charge in [0.15, 0.2) is 0 Å². The van der Waals surface area contributed by atoms with Crippen LogP contribution in [0.25, 0.3) is 0 Å². The van der Waals surface area contributed by atoms with Gasteiger partial charge in [-0.15, -0.1) is 6.42 Å². The van der Waals surface area contributed by atoms with Gasteiger partial charge < -0.3 is 9.64 Å². The molecule has 0 saturated carbocycles. The van der Waals surface area contributed by atoms with E-state index in [9.17, 15) is 0 Å². The summed E-state index contributed by atoms with van der Waals surface area (Å²) in [5, 5.41) is 0. The molecule has 0 radical (unpaired) electrons. The summed E-state index contributed by atoms with van der Waals surface area (Å²) in [7, 11) is 2.05. The molecule has 2 nitrogen and oxygen atoms in total. The Labute approximate surface area is 55.8 Å². The van der Waals surface area contributed by atoms with Crippen LogP contribution < -0.4 is 0 Å². The molecule has 50 valence electrons. The lowest BCUT2D eigenvalue weighted by atomic mass is 10.3. The molecular formula is C7H11NO. The van der Waals surface area contributed by atoms with E-state index in [1.54, 1.807) is 0 Å². The second-order valence-electron chi connectivity index (χ2n) is 2.29. The van der Waals surface area contributed by atoms with Gasteiger partial charge >= 0.3 is 0 Å². The number of hydrogen-bond donors (Lipinski definition) is 0. The maximum Gasteiger partial charge on any atom is 0.130 e. The lowest BCUT2D eigenvalue weighted by Crippen LogP contribution is -2.39. The van der Waals surface area contributed by atoms with Crippen molar-refractivity contribution in [1.82, 2.24) is 4.90 Å². The molecule has 0 bridgehead atoms. The average Bonchev–Trinajstić information content (AvgIpc) is 1.88. The number of rotatable bonds is 0. The summed E-state index contributed by atoms with van der Waals surface area (Å²) < 4.78 is 5.22. The molecule has 0 amide bonds. The first-order chi connectivity index (χ1) is 4.33. The molecule has 0 aromatic carbocycles. The van der Waals surface area contributed by atoms with E-state index in [1.165, 1.54) is 0 Å². The number of morpholine rings is 1. The molecule has 0 aromatic rings. The van der Waals surface area contributed by atoms with Crippen molar-refractivity contribution in [3.8, 4) is 12.3 Å². The third kappa shape index (κ3) is 1.70. The fraction of sp³-hybridized carbons (Fsp3) is 0.714. The normalized spacial score (nSPS) is 29.6. The van der Waals surface area contributed by atoms with Crippen molar-refractivity contribution in [2.24, 2.45) is 0 Å². The van der Waals surface area contributed by atoms with Gasteiger partial charge in [0.25, 0.3) is 0 Å². The molecule has 2 heteroatoms. The summed E-state index contributed by atoms with van der Waals surface area (Å²) in [5.74, 6) is 2.57. The topological polar surface area (TPSA) is 12.5 Å². The highest BCUT2D eigenvalue weighted by atomic mass is 16.5. The predicted octanol–water partition coefficient (Wildman–Crippen LogP) is -0.0498. The van der Waals surface area contributed by atoms with Crippen molar-refractivity contribution in [1.29, 1.82) is 0 Å². The quantitative estimate of drug-likeness (QED) is 0.421. The number of likely N-dealkylation sites (N-methyl/N-ethyl adjacent to an activating group) is 1. The summed E-state index contributed by atoms with van der Waals surface area (Å²) in [6, 6.07) is 0. The zero-order chi connectivity index (χ0) is 6.69. The Bertz CT molecular complexity index is 127. The maximum absolute atomic E-state index is 5.22. The average molecular weight is 125 g/mol. The molecule has 1 aliphatic heterocycles. The molecule has 1 aliphatic rings.